The van der Waals surface area contributed by atoms with Crippen LogP contribution in [-0.2, 0) is 17.9 Å². The highest BCUT2D eigenvalue weighted by atomic mass is 127. The Bertz CT molecular complexity index is 1270. The predicted octanol–water partition coefficient (Wildman–Crippen LogP) is 7.81. The van der Waals surface area contributed by atoms with Crippen LogP contribution in [0.3, 0.4) is 0 Å². The summed E-state index contributed by atoms with van der Waals surface area (Å²) < 4.78 is 22.0. The second kappa shape index (κ2) is 11.0. The Hall–Kier alpha value is -1.63. The molecule has 1 aliphatic rings. The molecule has 0 N–H and O–H groups in total. The Balaban J connectivity index is 1.51. The zero-order valence-corrected chi connectivity index (χ0v) is 23.7. The lowest BCUT2D eigenvalue weighted by Gasteiger charge is -2.14. The fraction of sp³-hybridized carbons (Fsp3) is 0.120. The Morgan fingerprint density at radius 2 is 1.76 bits per heavy atom. The van der Waals surface area contributed by atoms with Gasteiger partial charge in [-0.05, 0) is 105 Å². The highest BCUT2D eigenvalue weighted by Gasteiger charge is 2.36. The minimum absolute atomic E-state index is 0.117. The third kappa shape index (κ3) is 5.77. The number of hydrogen-bond acceptors (Lipinski definition) is 4. The Morgan fingerprint density at radius 3 is 2.41 bits per heavy atom. The van der Waals surface area contributed by atoms with Crippen molar-refractivity contribution in [2.24, 2.45) is 0 Å². The number of rotatable bonds is 6. The van der Waals surface area contributed by atoms with Gasteiger partial charge in [0.05, 0.1) is 18.6 Å². The highest BCUT2D eigenvalue weighted by molar-refractivity contribution is 14.1. The smallest absolute Gasteiger partial charge is 0.293 e. The van der Waals surface area contributed by atoms with Crippen LogP contribution in [0.5, 0.6) is 5.75 Å². The molecular weight excluding hydrogens is 703 g/mol. The van der Waals surface area contributed by atoms with Crippen LogP contribution in [0, 0.1) is 19.9 Å². The number of thioether (sulfide) groups is 1. The summed E-state index contributed by atoms with van der Waals surface area (Å²) in [5, 5.41) is -0.286. The first-order chi connectivity index (χ1) is 16.2. The summed E-state index contributed by atoms with van der Waals surface area (Å²) in [6.45, 7) is 2.27. The molecule has 0 spiro atoms. The number of amides is 2. The van der Waals surface area contributed by atoms with Gasteiger partial charge in [-0.3, -0.25) is 14.5 Å². The van der Waals surface area contributed by atoms with Gasteiger partial charge in [-0.25, -0.2) is 4.39 Å². The Kier molecular flexibility index (Phi) is 8.21. The number of aryl methyl sites for hydroxylation is 1. The van der Waals surface area contributed by atoms with Gasteiger partial charge >= 0.3 is 0 Å². The molecule has 1 fully saturated rings. The van der Waals surface area contributed by atoms with E-state index in [2.05, 4.69) is 45.2 Å². The SMILES string of the molecule is Cc1ccc(COc2c(I)cc(/C=C3\SC(=O)N(Cc4c(F)cccc4Cl)C3=O)cc2I)cc1. The van der Waals surface area contributed by atoms with E-state index in [0.29, 0.717) is 6.61 Å². The second-order valence-electron chi connectivity index (χ2n) is 7.56. The number of imide groups is 1. The summed E-state index contributed by atoms with van der Waals surface area (Å²) in [6.07, 6.45) is 1.67. The van der Waals surface area contributed by atoms with Crippen molar-refractivity contribution in [2.45, 2.75) is 20.1 Å². The van der Waals surface area contributed by atoms with Crippen LogP contribution in [0.2, 0.25) is 5.02 Å². The lowest BCUT2D eigenvalue weighted by Crippen LogP contribution is -2.28. The molecule has 0 aliphatic carbocycles. The van der Waals surface area contributed by atoms with Crippen molar-refractivity contribution in [3.63, 3.8) is 0 Å². The van der Waals surface area contributed by atoms with Crippen LogP contribution >= 0.6 is 68.5 Å². The minimum Gasteiger partial charge on any atom is -0.487 e. The first-order valence-electron chi connectivity index (χ1n) is 10.1. The number of carbonyl (C=O) groups is 2. The molecule has 4 rings (SSSR count). The molecule has 1 aliphatic heterocycles. The monoisotopic (exact) mass is 719 g/mol. The van der Waals surface area contributed by atoms with Crippen molar-refractivity contribution in [3.05, 3.63) is 99.7 Å². The normalized spacial score (nSPS) is 14.9. The lowest BCUT2D eigenvalue weighted by atomic mass is 10.1. The van der Waals surface area contributed by atoms with E-state index in [4.69, 9.17) is 16.3 Å². The van der Waals surface area contributed by atoms with Crippen molar-refractivity contribution < 1.29 is 18.7 Å². The fourth-order valence-electron chi connectivity index (χ4n) is 3.27. The lowest BCUT2D eigenvalue weighted by molar-refractivity contribution is -0.123. The average molecular weight is 720 g/mol. The summed E-state index contributed by atoms with van der Waals surface area (Å²) >= 11 is 11.3. The zero-order chi connectivity index (χ0) is 24.4. The highest BCUT2D eigenvalue weighted by Crippen LogP contribution is 2.36. The van der Waals surface area contributed by atoms with E-state index in [0.717, 1.165) is 40.7 Å². The van der Waals surface area contributed by atoms with E-state index in [1.165, 1.54) is 23.8 Å². The van der Waals surface area contributed by atoms with Crippen molar-refractivity contribution in [1.29, 1.82) is 0 Å². The largest absolute Gasteiger partial charge is 0.487 e. The van der Waals surface area contributed by atoms with Gasteiger partial charge in [0.15, 0.2) is 0 Å². The molecule has 34 heavy (non-hydrogen) atoms. The van der Waals surface area contributed by atoms with E-state index >= 15 is 0 Å². The summed E-state index contributed by atoms with van der Waals surface area (Å²) in [7, 11) is 0. The van der Waals surface area contributed by atoms with Gasteiger partial charge in [-0.15, -0.1) is 0 Å². The quantitative estimate of drug-likeness (QED) is 0.193. The molecule has 9 heteroatoms. The molecule has 3 aromatic rings. The maximum atomic E-state index is 14.1. The fourth-order valence-corrected chi connectivity index (χ4v) is 6.46. The predicted molar refractivity (Wildman–Crippen MR) is 150 cm³/mol. The van der Waals surface area contributed by atoms with Gasteiger partial charge in [-0.1, -0.05) is 47.5 Å². The summed E-state index contributed by atoms with van der Waals surface area (Å²) in [4.78, 5) is 26.7. The molecule has 4 nitrogen and oxygen atoms in total. The molecule has 1 saturated heterocycles. The molecule has 3 aromatic carbocycles. The summed E-state index contributed by atoms with van der Waals surface area (Å²) in [6, 6.07) is 16.2. The Morgan fingerprint density at radius 1 is 1.09 bits per heavy atom. The topological polar surface area (TPSA) is 46.6 Å². The van der Waals surface area contributed by atoms with Crippen LogP contribution in [0.1, 0.15) is 22.3 Å². The number of benzene rings is 3. The van der Waals surface area contributed by atoms with Gasteiger partial charge in [-0.2, -0.15) is 0 Å². The third-order valence-electron chi connectivity index (χ3n) is 5.07. The van der Waals surface area contributed by atoms with E-state index in [1.54, 1.807) is 6.08 Å². The number of halogens is 4. The number of ether oxygens (including phenoxy) is 1. The maximum Gasteiger partial charge on any atom is 0.293 e. The van der Waals surface area contributed by atoms with E-state index < -0.39 is 17.0 Å². The maximum absolute atomic E-state index is 14.1. The molecule has 2 amide bonds. The molecule has 0 bridgehead atoms. The van der Waals surface area contributed by atoms with Crippen molar-refractivity contribution >= 4 is 85.8 Å². The van der Waals surface area contributed by atoms with Crippen LogP contribution < -0.4 is 4.74 Å². The van der Waals surface area contributed by atoms with Gasteiger partial charge < -0.3 is 4.74 Å². The van der Waals surface area contributed by atoms with E-state index in [1.807, 2.05) is 43.3 Å². The molecule has 174 valence electrons. The van der Waals surface area contributed by atoms with Gasteiger partial charge in [0.25, 0.3) is 11.1 Å². The van der Waals surface area contributed by atoms with Gasteiger partial charge in [0, 0.05) is 10.6 Å². The van der Waals surface area contributed by atoms with Crippen LogP contribution in [0.15, 0.2) is 59.5 Å². The minimum atomic E-state index is -0.555. The molecule has 0 atom stereocenters. The van der Waals surface area contributed by atoms with Gasteiger partial charge in [0.2, 0.25) is 0 Å². The number of carbonyl (C=O) groups excluding carboxylic acids is 2. The molecule has 0 unspecified atom stereocenters. The van der Waals surface area contributed by atoms with Gasteiger partial charge in [0.1, 0.15) is 18.2 Å². The second-order valence-corrected chi connectivity index (χ2v) is 11.3. The van der Waals surface area contributed by atoms with Crippen molar-refractivity contribution in [3.8, 4) is 5.75 Å². The molecule has 0 aromatic heterocycles. The first-order valence-corrected chi connectivity index (χ1v) is 13.4. The number of nitrogens with zero attached hydrogens (tertiary/aromatic N) is 1. The summed E-state index contributed by atoms with van der Waals surface area (Å²) in [5.74, 6) is -0.263. The molecule has 1 heterocycles. The van der Waals surface area contributed by atoms with E-state index in [-0.39, 0.29) is 22.0 Å². The number of hydrogen-bond donors (Lipinski definition) is 0. The first kappa shape index (κ1) is 25.5. The van der Waals surface area contributed by atoms with Crippen LogP contribution in [0.25, 0.3) is 6.08 Å². The average Bonchev–Trinajstić information content (AvgIpc) is 3.04. The van der Waals surface area contributed by atoms with Crippen LogP contribution in [0.4, 0.5) is 9.18 Å². The Labute approximate surface area is 233 Å². The molecule has 0 radical (unpaired) electrons. The van der Waals surface area contributed by atoms with Crippen molar-refractivity contribution in [2.75, 3.05) is 0 Å². The molecule has 0 saturated carbocycles. The standard InChI is InChI=1S/C25H17ClFI2NO3S/c1-14-5-7-15(8-6-14)13-33-23-20(28)9-16(10-21(23)29)11-22-24(31)30(25(32)34-22)12-17-18(26)3-2-4-19(17)27/h2-11H,12-13H2,1H3/b22-11-. The zero-order valence-electron chi connectivity index (χ0n) is 17.8. The van der Waals surface area contributed by atoms with E-state index in [9.17, 15) is 14.0 Å². The summed E-state index contributed by atoms with van der Waals surface area (Å²) in [5.41, 5.74) is 3.15. The van der Waals surface area contributed by atoms with Crippen molar-refractivity contribution in [1.82, 2.24) is 4.90 Å². The molecular formula is C25H17ClFI2NO3S. The third-order valence-corrected chi connectivity index (χ3v) is 7.94. The van der Waals surface area contributed by atoms with Crippen LogP contribution in [-0.4, -0.2) is 16.0 Å².